The number of nitrogens with two attached hydrogens (primary N) is 1. The number of nitrogens with zero attached hydrogens (tertiary/aromatic N) is 1. The Balaban J connectivity index is 3.69. The lowest BCUT2D eigenvalue weighted by atomic mass is 10.1. The van der Waals surface area contributed by atoms with Crippen LogP contribution in [0.1, 0.15) is 20.8 Å². The second-order valence-corrected chi connectivity index (χ2v) is 3.76. The highest BCUT2D eigenvalue weighted by Gasteiger charge is 2.14. The quantitative estimate of drug-likeness (QED) is 0.623. The van der Waals surface area contributed by atoms with Crippen LogP contribution in [0.4, 0.5) is 0 Å². The molecular formula is C9H20N2. The van der Waals surface area contributed by atoms with Crippen molar-refractivity contribution < 1.29 is 0 Å². The number of rotatable bonds is 3. The molecular weight excluding hydrogens is 136 g/mol. The maximum Gasteiger partial charge on any atom is 0.0165 e. The van der Waals surface area contributed by atoms with Crippen LogP contribution in [0.15, 0.2) is 12.2 Å². The Labute approximate surface area is 70.1 Å². The minimum atomic E-state index is 0.249. The van der Waals surface area contributed by atoms with E-state index in [4.69, 9.17) is 5.73 Å². The molecule has 0 atom stereocenters. The molecule has 0 unspecified atom stereocenters. The van der Waals surface area contributed by atoms with Crippen molar-refractivity contribution in [2.45, 2.75) is 26.3 Å². The van der Waals surface area contributed by atoms with Crippen LogP contribution < -0.4 is 5.73 Å². The van der Waals surface area contributed by atoms with Crippen LogP contribution in [0.2, 0.25) is 0 Å². The highest BCUT2D eigenvalue weighted by Crippen LogP contribution is 2.09. The van der Waals surface area contributed by atoms with Gasteiger partial charge in [-0.2, -0.15) is 0 Å². The number of likely N-dealkylation sites (N-methyl/N-ethyl adjacent to an activating group) is 1. The van der Waals surface area contributed by atoms with Crippen molar-refractivity contribution in [2.24, 2.45) is 5.73 Å². The van der Waals surface area contributed by atoms with Crippen LogP contribution >= 0.6 is 0 Å². The predicted octanol–water partition coefficient (Wildman–Crippen LogP) is 1.23. The van der Waals surface area contributed by atoms with Crippen molar-refractivity contribution in [1.82, 2.24) is 4.90 Å². The fourth-order valence-electron chi connectivity index (χ4n) is 0.603. The SMILES string of the molecule is CN(C/C=C/CN)C(C)(C)C. The standard InChI is InChI=1S/C9H20N2/c1-9(2,3)11(4)8-6-5-7-10/h5-6H,7-8,10H2,1-4H3/b6-5+. The molecule has 0 bridgehead atoms. The first kappa shape index (κ1) is 10.7. The molecule has 0 aromatic carbocycles. The van der Waals surface area contributed by atoms with Gasteiger partial charge < -0.3 is 5.73 Å². The third-order valence-corrected chi connectivity index (χ3v) is 1.83. The van der Waals surface area contributed by atoms with E-state index >= 15 is 0 Å². The number of hydrogen-bond acceptors (Lipinski definition) is 2. The van der Waals surface area contributed by atoms with Gasteiger partial charge in [-0.25, -0.2) is 0 Å². The first-order chi connectivity index (χ1) is 4.98. The van der Waals surface area contributed by atoms with Gasteiger partial charge in [-0.1, -0.05) is 12.2 Å². The third kappa shape index (κ3) is 4.99. The highest BCUT2D eigenvalue weighted by molar-refractivity contribution is 4.87. The zero-order chi connectivity index (χ0) is 8.91. The van der Waals surface area contributed by atoms with E-state index in [9.17, 15) is 0 Å². The topological polar surface area (TPSA) is 29.3 Å². The molecule has 0 amide bonds. The van der Waals surface area contributed by atoms with E-state index in [0.717, 1.165) is 6.54 Å². The van der Waals surface area contributed by atoms with Gasteiger partial charge in [0.15, 0.2) is 0 Å². The molecule has 0 aromatic rings. The normalized spacial score (nSPS) is 13.3. The van der Waals surface area contributed by atoms with E-state index in [2.05, 4.69) is 38.8 Å². The van der Waals surface area contributed by atoms with Gasteiger partial charge in [-0.05, 0) is 27.8 Å². The summed E-state index contributed by atoms with van der Waals surface area (Å²) in [4.78, 5) is 2.28. The molecule has 2 N–H and O–H groups in total. The summed E-state index contributed by atoms with van der Waals surface area (Å²) in [7, 11) is 2.11. The Hall–Kier alpha value is -0.340. The molecule has 0 radical (unpaired) electrons. The van der Waals surface area contributed by atoms with E-state index in [1.54, 1.807) is 0 Å². The van der Waals surface area contributed by atoms with Crippen molar-refractivity contribution >= 4 is 0 Å². The summed E-state index contributed by atoms with van der Waals surface area (Å²) in [6.45, 7) is 8.20. The van der Waals surface area contributed by atoms with Gasteiger partial charge in [0.1, 0.15) is 0 Å². The van der Waals surface area contributed by atoms with Crippen LogP contribution in [0.25, 0.3) is 0 Å². The molecule has 0 aliphatic heterocycles. The monoisotopic (exact) mass is 156 g/mol. The van der Waals surface area contributed by atoms with Crippen LogP contribution in [0.5, 0.6) is 0 Å². The summed E-state index contributed by atoms with van der Waals surface area (Å²) in [5.41, 5.74) is 5.57. The van der Waals surface area contributed by atoms with Crippen LogP contribution in [0.3, 0.4) is 0 Å². The summed E-state index contributed by atoms with van der Waals surface area (Å²) in [5, 5.41) is 0. The molecule has 0 spiro atoms. The average molecular weight is 156 g/mol. The summed E-state index contributed by atoms with van der Waals surface area (Å²) in [5.74, 6) is 0. The van der Waals surface area contributed by atoms with Gasteiger partial charge >= 0.3 is 0 Å². The Morgan fingerprint density at radius 3 is 2.18 bits per heavy atom. The molecule has 0 heterocycles. The second-order valence-electron chi connectivity index (χ2n) is 3.76. The van der Waals surface area contributed by atoms with Gasteiger partial charge in [-0.15, -0.1) is 0 Å². The van der Waals surface area contributed by atoms with Crippen molar-refractivity contribution in [3.63, 3.8) is 0 Å². The van der Waals surface area contributed by atoms with E-state index in [0.29, 0.717) is 6.54 Å². The lowest BCUT2D eigenvalue weighted by Gasteiger charge is -2.30. The first-order valence-corrected chi connectivity index (χ1v) is 4.05. The minimum absolute atomic E-state index is 0.249. The van der Waals surface area contributed by atoms with Gasteiger partial charge in [0.2, 0.25) is 0 Å². The third-order valence-electron chi connectivity index (χ3n) is 1.83. The molecule has 0 aliphatic carbocycles. The molecule has 0 aliphatic rings. The van der Waals surface area contributed by atoms with Crippen LogP contribution in [-0.2, 0) is 0 Å². The van der Waals surface area contributed by atoms with Gasteiger partial charge in [0.25, 0.3) is 0 Å². The molecule has 0 saturated carbocycles. The maximum atomic E-state index is 5.32. The average Bonchev–Trinajstić information content (AvgIpc) is 1.86. The zero-order valence-corrected chi connectivity index (χ0v) is 8.09. The Bertz CT molecular complexity index is 122. The minimum Gasteiger partial charge on any atom is -0.327 e. The summed E-state index contributed by atoms with van der Waals surface area (Å²) in [6, 6.07) is 0. The Kier molecular flexibility index (Phi) is 4.38. The van der Waals surface area contributed by atoms with Crippen LogP contribution in [0, 0.1) is 0 Å². The van der Waals surface area contributed by atoms with Crippen LogP contribution in [-0.4, -0.2) is 30.6 Å². The summed E-state index contributed by atoms with van der Waals surface area (Å²) < 4.78 is 0. The van der Waals surface area contributed by atoms with Gasteiger partial charge in [0, 0.05) is 18.6 Å². The van der Waals surface area contributed by atoms with E-state index in [-0.39, 0.29) is 5.54 Å². The second kappa shape index (κ2) is 4.52. The predicted molar refractivity (Wildman–Crippen MR) is 50.6 cm³/mol. The molecule has 2 heteroatoms. The van der Waals surface area contributed by atoms with Crippen molar-refractivity contribution in [2.75, 3.05) is 20.1 Å². The van der Waals surface area contributed by atoms with E-state index in [1.807, 2.05) is 6.08 Å². The van der Waals surface area contributed by atoms with Crippen molar-refractivity contribution in [1.29, 1.82) is 0 Å². The van der Waals surface area contributed by atoms with E-state index in [1.165, 1.54) is 0 Å². The largest absolute Gasteiger partial charge is 0.327 e. The zero-order valence-electron chi connectivity index (χ0n) is 8.09. The fourth-order valence-corrected chi connectivity index (χ4v) is 0.603. The lowest BCUT2D eigenvalue weighted by Crippen LogP contribution is -2.38. The molecule has 0 rings (SSSR count). The highest BCUT2D eigenvalue weighted by atomic mass is 15.1. The fraction of sp³-hybridized carbons (Fsp3) is 0.778. The van der Waals surface area contributed by atoms with Gasteiger partial charge in [-0.3, -0.25) is 4.90 Å². The molecule has 2 nitrogen and oxygen atoms in total. The summed E-state index contributed by atoms with van der Waals surface area (Å²) in [6.07, 6.45) is 4.09. The Morgan fingerprint density at radius 2 is 1.82 bits per heavy atom. The molecule has 11 heavy (non-hydrogen) atoms. The number of hydrogen-bond donors (Lipinski definition) is 1. The molecule has 0 saturated heterocycles. The smallest absolute Gasteiger partial charge is 0.0165 e. The molecule has 0 aromatic heterocycles. The summed E-state index contributed by atoms with van der Waals surface area (Å²) >= 11 is 0. The lowest BCUT2D eigenvalue weighted by molar-refractivity contribution is 0.195. The van der Waals surface area contributed by atoms with Crippen molar-refractivity contribution in [3.8, 4) is 0 Å². The Morgan fingerprint density at radius 1 is 1.27 bits per heavy atom. The molecule has 66 valence electrons. The van der Waals surface area contributed by atoms with Crippen molar-refractivity contribution in [3.05, 3.63) is 12.2 Å². The van der Waals surface area contributed by atoms with E-state index < -0.39 is 0 Å². The molecule has 0 fully saturated rings. The first-order valence-electron chi connectivity index (χ1n) is 4.05. The maximum absolute atomic E-state index is 5.32. The van der Waals surface area contributed by atoms with Gasteiger partial charge in [0.05, 0.1) is 0 Å².